The van der Waals surface area contributed by atoms with Crippen molar-refractivity contribution in [3.8, 4) is 0 Å². The molecule has 0 unspecified atom stereocenters. The van der Waals surface area contributed by atoms with E-state index < -0.39 is 0 Å². The van der Waals surface area contributed by atoms with Gasteiger partial charge in [0.2, 0.25) is 0 Å². The summed E-state index contributed by atoms with van der Waals surface area (Å²) in [6, 6.07) is 0. The first-order valence-corrected chi connectivity index (χ1v) is 12.6. The van der Waals surface area contributed by atoms with E-state index in [4.69, 9.17) is 0 Å². The Kier molecular flexibility index (Phi) is 28.6. The molecule has 0 fully saturated rings. The van der Waals surface area contributed by atoms with Crippen molar-refractivity contribution in [2.45, 2.75) is 142 Å². The molecule has 0 rings (SSSR count). The van der Waals surface area contributed by atoms with E-state index in [1.165, 1.54) is 142 Å². The van der Waals surface area contributed by atoms with Crippen LogP contribution in [0.2, 0.25) is 0 Å². The molecule has 0 aromatic rings. The number of unbranched alkanes of at least 4 members (excludes halogenated alkanes) is 18. The van der Waals surface area contributed by atoms with Gasteiger partial charge < -0.3 is 17.3 Å². The highest BCUT2D eigenvalue weighted by molar-refractivity contribution is 4.48. The van der Waals surface area contributed by atoms with E-state index in [9.17, 15) is 0 Å². The number of hydrogen-bond acceptors (Lipinski definition) is 0. The second-order valence-electron chi connectivity index (χ2n) is 8.82. The molecule has 0 saturated carbocycles. The third-order valence-electron chi connectivity index (χ3n) is 5.91. The van der Waals surface area contributed by atoms with Crippen molar-refractivity contribution < 1.29 is 17.3 Å². The normalized spacial score (nSPS) is 11.1. The van der Waals surface area contributed by atoms with Crippen LogP contribution in [0.1, 0.15) is 142 Å². The lowest BCUT2D eigenvalue weighted by molar-refractivity contribution is -0.880. The standard InChI is InChI=1S/C25H53N.ClH/c1-4-6-8-10-12-14-16-18-20-22-24-26(3)25-23-21-19-17-15-13-11-9-7-5-2;/h4-25H2,1-3H3;1H. The molecule has 0 aromatic heterocycles. The van der Waals surface area contributed by atoms with Gasteiger partial charge in [-0.3, -0.25) is 0 Å². The summed E-state index contributed by atoms with van der Waals surface area (Å²) in [5.41, 5.74) is 0. The summed E-state index contributed by atoms with van der Waals surface area (Å²) in [4.78, 5) is 1.77. The summed E-state index contributed by atoms with van der Waals surface area (Å²) in [5, 5.41) is 0. The van der Waals surface area contributed by atoms with Crippen molar-refractivity contribution in [3.05, 3.63) is 0 Å². The summed E-state index contributed by atoms with van der Waals surface area (Å²) >= 11 is 0. The van der Waals surface area contributed by atoms with Crippen LogP contribution in [-0.2, 0) is 0 Å². The van der Waals surface area contributed by atoms with Crippen LogP contribution >= 0.6 is 0 Å². The largest absolute Gasteiger partial charge is 1.00 e. The summed E-state index contributed by atoms with van der Waals surface area (Å²) in [6.45, 7) is 7.40. The minimum absolute atomic E-state index is 0. The van der Waals surface area contributed by atoms with Crippen molar-refractivity contribution in [1.82, 2.24) is 0 Å². The van der Waals surface area contributed by atoms with Crippen molar-refractivity contribution in [1.29, 1.82) is 0 Å². The van der Waals surface area contributed by atoms with Gasteiger partial charge in [-0.15, -0.1) is 0 Å². The van der Waals surface area contributed by atoms with E-state index in [0.717, 1.165) is 0 Å². The molecule has 166 valence electrons. The van der Waals surface area contributed by atoms with Gasteiger partial charge >= 0.3 is 0 Å². The summed E-state index contributed by atoms with van der Waals surface area (Å²) < 4.78 is 0. The predicted molar refractivity (Wildman–Crippen MR) is 120 cm³/mol. The monoisotopic (exact) mass is 403 g/mol. The fraction of sp³-hybridized carbons (Fsp3) is 1.00. The molecule has 0 aliphatic rings. The maximum absolute atomic E-state index is 2.40. The SMILES string of the molecule is CCCCCCCCCCCC[NH+](C)CCCCCCCCCCCC.[Cl-]. The van der Waals surface area contributed by atoms with Crippen molar-refractivity contribution in [3.63, 3.8) is 0 Å². The Hall–Kier alpha value is 0.250. The highest BCUT2D eigenvalue weighted by Gasteiger charge is 2.01. The molecule has 1 N–H and O–H groups in total. The molecule has 0 aliphatic carbocycles. The Morgan fingerprint density at radius 1 is 0.370 bits per heavy atom. The number of halogens is 1. The quantitative estimate of drug-likeness (QED) is 0.256. The summed E-state index contributed by atoms with van der Waals surface area (Å²) in [6.07, 6.45) is 29.1. The van der Waals surface area contributed by atoms with Crippen molar-refractivity contribution in [2.75, 3.05) is 20.1 Å². The van der Waals surface area contributed by atoms with Crippen LogP contribution in [0, 0.1) is 0 Å². The van der Waals surface area contributed by atoms with Gasteiger partial charge in [-0.25, -0.2) is 0 Å². The molecule has 1 nitrogen and oxygen atoms in total. The zero-order valence-corrected chi connectivity index (χ0v) is 20.2. The highest BCUT2D eigenvalue weighted by Crippen LogP contribution is 2.11. The number of rotatable bonds is 22. The second kappa shape index (κ2) is 26.2. The molecule has 0 heterocycles. The van der Waals surface area contributed by atoms with E-state index >= 15 is 0 Å². The third-order valence-corrected chi connectivity index (χ3v) is 5.91. The first-order valence-electron chi connectivity index (χ1n) is 12.6. The summed E-state index contributed by atoms with van der Waals surface area (Å²) in [5.74, 6) is 0. The van der Waals surface area contributed by atoms with Gasteiger partial charge in [-0.2, -0.15) is 0 Å². The molecule has 0 spiro atoms. The Morgan fingerprint density at radius 3 is 0.852 bits per heavy atom. The van der Waals surface area contributed by atoms with Crippen LogP contribution < -0.4 is 17.3 Å². The third kappa shape index (κ3) is 26.2. The van der Waals surface area contributed by atoms with Gasteiger partial charge in [-0.05, 0) is 25.7 Å². The second-order valence-corrected chi connectivity index (χ2v) is 8.82. The lowest BCUT2D eigenvalue weighted by Gasteiger charge is -2.13. The molecule has 0 aromatic carbocycles. The lowest BCUT2D eigenvalue weighted by Crippen LogP contribution is -3.09. The number of nitrogens with one attached hydrogen (secondary N) is 1. The van der Waals surface area contributed by atoms with Crippen LogP contribution in [0.5, 0.6) is 0 Å². The van der Waals surface area contributed by atoms with E-state index in [1.807, 2.05) is 0 Å². The van der Waals surface area contributed by atoms with Crippen LogP contribution in [0.3, 0.4) is 0 Å². The van der Waals surface area contributed by atoms with Crippen LogP contribution in [0.15, 0.2) is 0 Å². The van der Waals surface area contributed by atoms with Crippen LogP contribution in [0.4, 0.5) is 0 Å². The number of hydrogen-bond donors (Lipinski definition) is 1. The molecule has 0 aliphatic heterocycles. The molecule has 0 amide bonds. The minimum Gasteiger partial charge on any atom is -1.00 e. The molecule has 2 heteroatoms. The van der Waals surface area contributed by atoms with Crippen LogP contribution in [0.25, 0.3) is 0 Å². The lowest BCUT2D eigenvalue weighted by atomic mass is 10.1. The van der Waals surface area contributed by atoms with E-state index in [0.29, 0.717) is 0 Å². The van der Waals surface area contributed by atoms with E-state index in [-0.39, 0.29) is 12.4 Å². The van der Waals surface area contributed by atoms with Crippen molar-refractivity contribution in [2.24, 2.45) is 0 Å². The first-order chi connectivity index (χ1) is 12.8. The Balaban J connectivity index is 0. The molecular formula is C25H54ClN. The van der Waals surface area contributed by atoms with Gasteiger partial charge in [-0.1, -0.05) is 117 Å². The average molecular weight is 404 g/mol. The highest BCUT2D eigenvalue weighted by atomic mass is 35.5. The Bertz CT molecular complexity index is 220. The van der Waals surface area contributed by atoms with E-state index in [2.05, 4.69) is 20.9 Å². The summed E-state index contributed by atoms with van der Waals surface area (Å²) in [7, 11) is 2.40. The maximum Gasteiger partial charge on any atom is 0.0768 e. The van der Waals surface area contributed by atoms with Crippen molar-refractivity contribution >= 4 is 0 Å². The molecular weight excluding hydrogens is 350 g/mol. The van der Waals surface area contributed by atoms with Gasteiger partial charge in [0.05, 0.1) is 20.1 Å². The minimum atomic E-state index is 0. The topological polar surface area (TPSA) is 4.44 Å². The molecule has 0 bridgehead atoms. The van der Waals surface area contributed by atoms with Gasteiger partial charge in [0.25, 0.3) is 0 Å². The fourth-order valence-corrected chi connectivity index (χ4v) is 3.95. The maximum atomic E-state index is 2.40. The zero-order valence-electron chi connectivity index (χ0n) is 19.4. The Labute approximate surface area is 179 Å². The molecule has 0 radical (unpaired) electrons. The zero-order chi connectivity index (χ0) is 19.1. The molecule has 0 atom stereocenters. The smallest absolute Gasteiger partial charge is 0.0768 e. The molecule has 0 saturated heterocycles. The first kappa shape index (κ1) is 29.5. The van der Waals surface area contributed by atoms with Gasteiger partial charge in [0.15, 0.2) is 0 Å². The fourth-order valence-electron chi connectivity index (χ4n) is 3.95. The van der Waals surface area contributed by atoms with Gasteiger partial charge in [0.1, 0.15) is 0 Å². The van der Waals surface area contributed by atoms with E-state index in [1.54, 1.807) is 4.90 Å². The number of quaternary nitrogens is 1. The Morgan fingerprint density at radius 2 is 0.593 bits per heavy atom. The average Bonchev–Trinajstić information content (AvgIpc) is 2.64. The van der Waals surface area contributed by atoms with Crippen LogP contribution in [-0.4, -0.2) is 20.1 Å². The predicted octanol–water partition coefficient (Wildman–Crippen LogP) is 4.35. The van der Waals surface area contributed by atoms with Gasteiger partial charge in [0, 0.05) is 0 Å². The molecule has 27 heavy (non-hydrogen) atoms.